The number of H-pyrrole nitrogens is 1. The molecule has 1 amide bonds. The van der Waals surface area contributed by atoms with Gasteiger partial charge in [0.1, 0.15) is 5.69 Å². The molecule has 0 saturated carbocycles. The summed E-state index contributed by atoms with van der Waals surface area (Å²) < 4.78 is 0. The highest BCUT2D eigenvalue weighted by atomic mass is 32.2. The Morgan fingerprint density at radius 1 is 1.57 bits per heavy atom. The van der Waals surface area contributed by atoms with Crippen LogP contribution in [0.4, 0.5) is 5.69 Å². The van der Waals surface area contributed by atoms with Gasteiger partial charge in [-0.25, -0.2) is 4.98 Å². The standard InChI is InChI=1S/C8H11N3O2S/c1-4-6(10-5(2)12)7(13)11-8(9-4)14-3/h1-3H3,(H,10,12)(H,9,11,13). The monoisotopic (exact) mass is 213 g/mol. The summed E-state index contributed by atoms with van der Waals surface area (Å²) in [6, 6.07) is 0. The first kappa shape index (κ1) is 10.8. The summed E-state index contributed by atoms with van der Waals surface area (Å²) in [6.07, 6.45) is 1.82. The first-order valence-electron chi connectivity index (χ1n) is 3.97. The molecule has 0 atom stereocenters. The summed E-state index contributed by atoms with van der Waals surface area (Å²) in [5.74, 6) is -0.280. The summed E-state index contributed by atoms with van der Waals surface area (Å²) in [4.78, 5) is 28.9. The zero-order chi connectivity index (χ0) is 10.7. The third kappa shape index (κ3) is 2.35. The van der Waals surface area contributed by atoms with Crippen molar-refractivity contribution in [3.63, 3.8) is 0 Å². The van der Waals surface area contributed by atoms with Gasteiger partial charge in [-0.05, 0) is 13.2 Å². The van der Waals surface area contributed by atoms with Crippen LogP contribution in [0.1, 0.15) is 12.6 Å². The molecule has 6 heteroatoms. The molecule has 0 aromatic carbocycles. The maximum absolute atomic E-state index is 11.4. The number of hydrogen-bond donors (Lipinski definition) is 2. The highest BCUT2D eigenvalue weighted by Crippen LogP contribution is 2.10. The van der Waals surface area contributed by atoms with Crippen molar-refractivity contribution in [3.05, 3.63) is 16.0 Å². The number of aromatic amines is 1. The van der Waals surface area contributed by atoms with E-state index in [4.69, 9.17) is 0 Å². The molecule has 0 aliphatic carbocycles. The van der Waals surface area contributed by atoms with Crippen molar-refractivity contribution in [2.75, 3.05) is 11.6 Å². The number of thioether (sulfide) groups is 1. The van der Waals surface area contributed by atoms with Gasteiger partial charge in [0.05, 0.1) is 5.69 Å². The lowest BCUT2D eigenvalue weighted by molar-refractivity contribution is -0.114. The van der Waals surface area contributed by atoms with Crippen LogP contribution in [0, 0.1) is 6.92 Å². The Morgan fingerprint density at radius 3 is 2.64 bits per heavy atom. The Morgan fingerprint density at radius 2 is 2.21 bits per heavy atom. The van der Waals surface area contributed by atoms with Crippen LogP contribution < -0.4 is 10.9 Å². The molecular formula is C8H11N3O2S. The molecule has 1 aromatic rings. The highest BCUT2D eigenvalue weighted by Gasteiger charge is 2.08. The average Bonchev–Trinajstić information content (AvgIpc) is 2.10. The van der Waals surface area contributed by atoms with Crippen molar-refractivity contribution in [3.8, 4) is 0 Å². The van der Waals surface area contributed by atoms with Crippen LogP contribution in [0.15, 0.2) is 9.95 Å². The number of nitrogens with zero attached hydrogens (tertiary/aromatic N) is 1. The summed E-state index contributed by atoms with van der Waals surface area (Å²) in [5.41, 5.74) is 0.417. The minimum absolute atomic E-state index is 0.218. The maximum atomic E-state index is 11.4. The lowest BCUT2D eigenvalue weighted by atomic mass is 10.3. The van der Waals surface area contributed by atoms with E-state index in [1.165, 1.54) is 18.7 Å². The Balaban J connectivity index is 3.18. The van der Waals surface area contributed by atoms with E-state index >= 15 is 0 Å². The first-order chi connectivity index (χ1) is 6.54. The van der Waals surface area contributed by atoms with Crippen molar-refractivity contribution >= 4 is 23.4 Å². The number of aryl methyl sites for hydroxylation is 1. The van der Waals surface area contributed by atoms with Crippen LogP contribution in [-0.2, 0) is 4.79 Å². The smallest absolute Gasteiger partial charge is 0.275 e. The fraction of sp³-hybridized carbons (Fsp3) is 0.375. The lowest BCUT2D eigenvalue weighted by Gasteiger charge is -2.05. The number of anilines is 1. The van der Waals surface area contributed by atoms with Crippen LogP contribution in [0.2, 0.25) is 0 Å². The van der Waals surface area contributed by atoms with E-state index in [9.17, 15) is 9.59 Å². The second-order valence-electron chi connectivity index (χ2n) is 2.72. The van der Waals surface area contributed by atoms with Gasteiger partial charge in [0.2, 0.25) is 5.91 Å². The van der Waals surface area contributed by atoms with Crippen molar-refractivity contribution in [1.82, 2.24) is 9.97 Å². The number of nitrogens with one attached hydrogen (secondary N) is 2. The third-order valence-electron chi connectivity index (χ3n) is 1.57. The summed E-state index contributed by atoms with van der Waals surface area (Å²) in [6.45, 7) is 3.03. The molecule has 76 valence electrons. The van der Waals surface area contributed by atoms with Gasteiger partial charge in [0.25, 0.3) is 5.56 Å². The number of rotatable bonds is 2. The molecule has 0 fully saturated rings. The minimum atomic E-state index is -0.322. The number of hydrogen-bond acceptors (Lipinski definition) is 4. The van der Waals surface area contributed by atoms with E-state index in [-0.39, 0.29) is 17.2 Å². The number of carbonyl (C=O) groups excluding carboxylic acids is 1. The maximum Gasteiger partial charge on any atom is 0.275 e. The molecule has 2 N–H and O–H groups in total. The predicted molar refractivity (Wildman–Crippen MR) is 55.7 cm³/mol. The number of amides is 1. The molecule has 5 nitrogen and oxygen atoms in total. The van der Waals surface area contributed by atoms with E-state index in [2.05, 4.69) is 15.3 Å². The average molecular weight is 213 g/mol. The van der Waals surface area contributed by atoms with E-state index in [1.54, 1.807) is 6.92 Å². The van der Waals surface area contributed by atoms with Gasteiger partial charge >= 0.3 is 0 Å². The molecule has 0 aliphatic heterocycles. The molecular weight excluding hydrogens is 202 g/mol. The summed E-state index contributed by atoms with van der Waals surface area (Å²) in [7, 11) is 0. The second kappa shape index (κ2) is 4.28. The molecule has 1 aromatic heterocycles. The van der Waals surface area contributed by atoms with Crippen LogP contribution in [-0.4, -0.2) is 22.1 Å². The fourth-order valence-corrected chi connectivity index (χ4v) is 1.40. The summed E-state index contributed by atoms with van der Waals surface area (Å²) >= 11 is 1.35. The summed E-state index contributed by atoms with van der Waals surface area (Å²) in [5, 5.41) is 2.98. The Hall–Kier alpha value is -1.30. The number of aromatic nitrogens is 2. The van der Waals surface area contributed by atoms with E-state index in [0.717, 1.165) is 0 Å². The first-order valence-corrected chi connectivity index (χ1v) is 5.19. The second-order valence-corrected chi connectivity index (χ2v) is 3.51. The van der Waals surface area contributed by atoms with E-state index in [1.807, 2.05) is 6.26 Å². The largest absolute Gasteiger partial charge is 0.320 e. The predicted octanol–water partition coefficient (Wildman–Crippen LogP) is 0.759. The van der Waals surface area contributed by atoms with Crippen molar-refractivity contribution in [2.24, 2.45) is 0 Å². The van der Waals surface area contributed by atoms with Crippen molar-refractivity contribution in [2.45, 2.75) is 19.0 Å². The van der Waals surface area contributed by atoms with Gasteiger partial charge in [0, 0.05) is 6.92 Å². The third-order valence-corrected chi connectivity index (χ3v) is 2.15. The van der Waals surface area contributed by atoms with Gasteiger partial charge in [-0.15, -0.1) is 0 Å². The molecule has 0 aliphatic rings. The molecule has 14 heavy (non-hydrogen) atoms. The lowest BCUT2D eigenvalue weighted by Crippen LogP contribution is -2.20. The molecule has 1 rings (SSSR count). The molecule has 0 unspecified atom stereocenters. The van der Waals surface area contributed by atoms with Gasteiger partial charge in [-0.2, -0.15) is 0 Å². The van der Waals surface area contributed by atoms with E-state index in [0.29, 0.717) is 10.9 Å². The van der Waals surface area contributed by atoms with Gasteiger partial charge in [-0.3, -0.25) is 14.6 Å². The fourth-order valence-electron chi connectivity index (χ4n) is 0.980. The SMILES string of the molecule is CSc1nc(C)c(NC(C)=O)c(=O)[nH]1. The Bertz CT molecular complexity index is 414. The van der Waals surface area contributed by atoms with E-state index < -0.39 is 0 Å². The van der Waals surface area contributed by atoms with Gasteiger partial charge < -0.3 is 5.32 Å². The van der Waals surface area contributed by atoms with Crippen LogP contribution in [0.5, 0.6) is 0 Å². The highest BCUT2D eigenvalue weighted by molar-refractivity contribution is 7.98. The topological polar surface area (TPSA) is 74.8 Å². The van der Waals surface area contributed by atoms with Crippen molar-refractivity contribution in [1.29, 1.82) is 0 Å². The zero-order valence-electron chi connectivity index (χ0n) is 8.17. The minimum Gasteiger partial charge on any atom is -0.320 e. The van der Waals surface area contributed by atoms with Crippen LogP contribution >= 0.6 is 11.8 Å². The Kier molecular flexibility index (Phi) is 3.29. The van der Waals surface area contributed by atoms with Crippen LogP contribution in [0.3, 0.4) is 0 Å². The van der Waals surface area contributed by atoms with Crippen molar-refractivity contribution < 1.29 is 4.79 Å². The van der Waals surface area contributed by atoms with Crippen LogP contribution in [0.25, 0.3) is 0 Å². The molecule has 1 heterocycles. The molecule has 0 radical (unpaired) electrons. The normalized spacial score (nSPS) is 9.93. The molecule has 0 bridgehead atoms. The zero-order valence-corrected chi connectivity index (χ0v) is 8.99. The molecule has 0 spiro atoms. The quantitative estimate of drug-likeness (QED) is 0.561. The van der Waals surface area contributed by atoms with Gasteiger partial charge in [-0.1, -0.05) is 11.8 Å². The number of carbonyl (C=O) groups is 1. The van der Waals surface area contributed by atoms with Gasteiger partial charge in [0.15, 0.2) is 5.16 Å². The Labute approximate surface area is 85.3 Å². The molecule has 0 saturated heterocycles.